The van der Waals surface area contributed by atoms with E-state index in [1.807, 2.05) is 0 Å². The zero-order valence-electron chi connectivity index (χ0n) is 17.0. The first-order valence-electron chi connectivity index (χ1n) is 9.98. The van der Waals surface area contributed by atoms with E-state index >= 15 is 0 Å². The molecular formula is C23H22F3NO5. The van der Waals surface area contributed by atoms with Crippen LogP contribution in [0.4, 0.5) is 13.2 Å². The van der Waals surface area contributed by atoms with Crippen LogP contribution in [0.15, 0.2) is 65.4 Å². The number of carboxylic acid groups (broad SMARTS) is 1. The average Bonchev–Trinajstić information content (AvgIpc) is 3.29. The lowest BCUT2D eigenvalue weighted by Crippen LogP contribution is -2.08. The van der Waals surface area contributed by atoms with E-state index in [4.69, 9.17) is 19.1 Å². The number of rotatable bonds is 11. The third kappa shape index (κ3) is 6.76. The summed E-state index contributed by atoms with van der Waals surface area (Å²) in [5.41, 5.74) is 0.632. The van der Waals surface area contributed by atoms with Crippen LogP contribution in [0.1, 0.15) is 42.0 Å². The Labute approximate surface area is 182 Å². The largest absolute Gasteiger partial charge is 0.494 e. The van der Waals surface area contributed by atoms with Crippen molar-refractivity contribution in [3.05, 3.63) is 77.7 Å². The maximum atomic E-state index is 12.5. The first-order chi connectivity index (χ1) is 15.3. The highest BCUT2D eigenvalue weighted by Gasteiger charge is 2.30. The summed E-state index contributed by atoms with van der Waals surface area (Å²) in [7, 11) is 0. The second-order valence-corrected chi connectivity index (χ2v) is 7.07. The Morgan fingerprint density at radius 2 is 1.50 bits per heavy atom. The molecule has 0 saturated heterocycles. The van der Waals surface area contributed by atoms with Gasteiger partial charge in [0.2, 0.25) is 0 Å². The van der Waals surface area contributed by atoms with Crippen LogP contribution >= 0.6 is 0 Å². The number of aliphatic carboxylic acids is 1. The molecule has 0 unspecified atom stereocenters. The van der Waals surface area contributed by atoms with Gasteiger partial charge < -0.3 is 19.1 Å². The zero-order chi connectivity index (χ0) is 23.0. The number of hydrogen-bond acceptors (Lipinski definition) is 5. The number of ether oxygens (including phenoxy) is 2. The van der Waals surface area contributed by atoms with Gasteiger partial charge in [0.05, 0.1) is 30.9 Å². The Bertz CT molecular complexity index is 970. The summed E-state index contributed by atoms with van der Waals surface area (Å²) in [6.07, 6.45) is -1.69. The molecule has 32 heavy (non-hydrogen) atoms. The van der Waals surface area contributed by atoms with Crippen molar-refractivity contribution >= 4 is 5.97 Å². The average molecular weight is 449 g/mol. The van der Waals surface area contributed by atoms with E-state index in [2.05, 4.69) is 5.16 Å². The van der Waals surface area contributed by atoms with Crippen molar-refractivity contribution in [3.63, 3.8) is 0 Å². The van der Waals surface area contributed by atoms with Crippen LogP contribution in [0.3, 0.4) is 0 Å². The number of aromatic nitrogens is 1. The molecular weight excluding hydrogens is 427 g/mol. The summed E-state index contributed by atoms with van der Waals surface area (Å²) in [4.78, 5) is 11.2. The molecule has 3 aromatic rings. The molecule has 0 spiro atoms. The number of hydrogen-bond donors (Lipinski definition) is 1. The fourth-order valence-electron chi connectivity index (χ4n) is 3.09. The minimum absolute atomic E-state index is 0.105. The molecule has 0 bridgehead atoms. The van der Waals surface area contributed by atoms with E-state index in [-0.39, 0.29) is 6.42 Å². The zero-order valence-corrected chi connectivity index (χ0v) is 17.0. The monoisotopic (exact) mass is 449 g/mol. The summed E-state index contributed by atoms with van der Waals surface area (Å²) >= 11 is 0. The molecule has 0 fully saturated rings. The second kappa shape index (κ2) is 10.7. The SMILES string of the molecule is O=C(O)C[C@@H](c1ccc(OCCCCOc2ccc(C(F)(F)F)cc2)cc1)c1ccon1. The Kier molecular flexibility index (Phi) is 7.75. The van der Waals surface area contributed by atoms with Gasteiger partial charge >= 0.3 is 12.1 Å². The number of halogens is 3. The first-order valence-corrected chi connectivity index (χ1v) is 9.98. The van der Waals surface area contributed by atoms with Crippen LogP contribution in [0.5, 0.6) is 11.5 Å². The maximum absolute atomic E-state index is 12.5. The summed E-state index contributed by atoms with van der Waals surface area (Å²) in [6, 6.07) is 13.4. The second-order valence-electron chi connectivity index (χ2n) is 7.07. The summed E-state index contributed by atoms with van der Waals surface area (Å²) in [5.74, 6) is -0.316. The van der Waals surface area contributed by atoms with E-state index in [0.717, 1.165) is 17.7 Å². The summed E-state index contributed by atoms with van der Waals surface area (Å²) in [5, 5.41) is 13.0. The van der Waals surface area contributed by atoms with Crippen molar-refractivity contribution in [2.24, 2.45) is 0 Å². The quantitative estimate of drug-likeness (QED) is 0.387. The number of unbranched alkanes of at least 4 members (excludes halogenated alkanes) is 1. The number of carbonyl (C=O) groups is 1. The van der Waals surface area contributed by atoms with Crippen LogP contribution in [-0.2, 0) is 11.0 Å². The van der Waals surface area contributed by atoms with Crippen molar-refractivity contribution in [1.29, 1.82) is 0 Å². The van der Waals surface area contributed by atoms with Gasteiger partial charge in [-0.15, -0.1) is 0 Å². The smallest absolute Gasteiger partial charge is 0.416 e. The molecule has 0 aliphatic rings. The minimum Gasteiger partial charge on any atom is -0.494 e. The fourth-order valence-corrected chi connectivity index (χ4v) is 3.09. The minimum atomic E-state index is -4.36. The fraction of sp³-hybridized carbons (Fsp3) is 0.304. The van der Waals surface area contributed by atoms with Gasteiger partial charge in [0.25, 0.3) is 0 Å². The lowest BCUT2D eigenvalue weighted by molar-refractivity contribution is -0.138. The topological polar surface area (TPSA) is 81.8 Å². The molecule has 170 valence electrons. The molecule has 1 heterocycles. The van der Waals surface area contributed by atoms with Crippen LogP contribution in [0.2, 0.25) is 0 Å². The van der Waals surface area contributed by atoms with Crippen LogP contribution in [-0.4, -0.2) is 29.4 Å². The van der Waals surface area contributed by atoms with Gasteiger partial charge in [0.1, 0.15) is 17.8 Å². The highest BCUT2D eigenvalue weighted by atomic mass is 19.4. The maximum Gasteiger partial charge on any atom is 0.416 e. The Hall–Kier alpha value is -3.49. The van der Waals surface area contributed by atoms with Gasteiger partial charge in [-0.25, -0.2) is 0 Å². The molecule has 1 N–H and O–H groups in total. The molecule has 0 saturated carbocycles. The molecule has 1 atom stereocenters. The number of alkyl halides is 3. The van der Waals surface area contributed by atoms with Crippen LogP contribution < -0.4 is 9.47 Å². The van der Waals surface area contributed by atoms with E-state index < -0.39 is 23.6 Å². The molecule has 9 heteroatoms. The van der Waals surface area contributed by atoms with Crippen LogP contribution in [0.25, 0.3) is 0 Å². The van der Waals surface area contributed by atoms with Crippen molar-refractivity contribution < 1.29 is 37.1 Å². The van der Waals surface area contributed by atoms with E-state index in [9.17, 15) is 18.0 Å². The normalized spacial score (nSPS) is 12.3. The van der Waals surface area contributed by atoms with Gasteiger partial charge in [0.15, 0.2) is 0 Å². The van der Waals surface area contributed by atoms with Crippen molar-refractivity contribution in [1.82, 2.24) is 5.16 Å². The molecule has 3 rings (SSSR count). The van der Waals surface area contributed by atoms with E-state index in [1.165, 1.54) is 18.4 Å². The van der Waals surface area contributed by atoms with Crippen molar-refractivity contribution in [3.8, 4) is 11.5 Å². The Morgan fingerprint density at radius 3 is 1.97 bits per heavy atom. The van der Waals surface area contributed by atoms with Crippen molar-refractivity contribution in [2.75, 3.05) is 13.2 Å². The summed E-state index contributed by atoms with van der Waals surface area (Å²) in [6.45, 7) is 0.805. The van der Waals surface area contributed by atoms with Crippen molar-refractivity contribution in [2.45, 2.75) is 31.4 Å². The van der Waals surface area contributed by atoms with Gasteiger partial charge in [0, 0.05) is 12.0 Å². The predicted octanol–water partition coefficient (Wildman–Crippen LogP) is 5.54. The number of carboxylic acids is 1. The Balaban J connectivity index is 1.40. The lowest BCUT2D eigenvalue weighted by atomic mass is 9.92. The van der Waals surface area contributed by atoms with Gasteiger partial charge in [-0.05, 0) is 54.8 Å². The molecule has 1 aromatic heterocycles. The predicted molar refractivity (Wildman–Crippen MR) is 109 cm³/mol. The molecule has 0 radical (unpaired) electrons. The van der Waals surface area contributed by atoms with Gasteiger partial charge in [-0.2, -0.15) is 13.2 Å². The van der Waals surface area contributed by atoms with E-state index in [0.29, 0.717) is 43.2 Å². The number of benzene rings is 2. The van der Waals surface area contributed by atoms with Gasteiger partial charge in [-0.1, -0.05) is 17.3 Å². The third-order valence-electron chi connectivity index (χ3n) is 4.73. The molecule has 6 nitrogen and oxygen atoms in total. The standard InChI is InChI=1S/C23H22F3NO5/c24-23(25,26)17-5-9-19(10-6-17)31-13-2-1-12-30-18-7-3-16(4-8-18)20(15-22(28)29)21-11-14-32-27-21/h3-11,14,20H,1-2,12-13,15H2,(H,28,29)/t20-/m0/s1. The van der Waals surface area contributed by atoms with E-state index in [1.54, 1.807) is 30.3 Å². The lowest BCUT2D eigenvalue weighted by Gasteiger charge is -2.13. The number of nitrogens with zero attached hydrogens (tertiary/aromatic N) is 1. The highest BCUT2D eigenvalue weighted by molar-refractivity contribution is 5.68. The molecule has 0 aliphatic carbocycles. The molecule has 0 aliphatic heterocycles. The summed E-state index contributed by atoms with van der Waals surface area (Å²) < 4.78 is 53.6. The first kappa shape index (κ1) is 23.2. The third-order valence-corrected chi connectivity index (χ3v) is 4.73. The molecule has 0 amide bonds. The van der Waals surface area contributed by atoms with Crippen LogP contribution in [0, 0.1) is 0 Å². The molecule has 2 aromatic carbocycles. The Morgan fingerprint density at radius 1 is 0.938 bits per heavy atom. The highest BCUT2D eigenvalue weighted by Crippen LogP contribution is 2.30. The van der Waals surface area contributed by atoms with Gasteiger partial charge in [-0.3, -0.25) is 4.79 Å².